The Morgan fingerprint density at radius 3 is 2.36 bits per heavy atom. The number of amides is 2. The molecule has 0 N–H and O–H groups in total. The lowest BCUT2D eigenvalue weighted by Gasteiger charge is -2.29. The van der Waals surface area contributed by atoms with Crippen LogP contribution in [0.1, 0.15) is 18.0 Å². The molecule has 0 radical (unpaired) electrons. The first kappa shape index (κ1) is 17.7. The van der Waals surface area contributed by atoms with Crippen LogP contribution in [0.3, 0.4) is 0 Å². The van der Waals surface area contributed by atoms with Crippen molar-refractivity contribution < 1.29 is 14.3 Å². The van der Waals surface area contributed by atoms with Gasteiger partial charge >= 0.3 is 0 Å². The van der Waals surface area contributed by atoms with E-state index in [1.165, 1.54) is 4.90 Å². The van der Waals surface area contributed by atoms with Crippen LogP contribution >= 0.6 is 11.6 Å². The fraction of sp³-hybridized carbons (Fsp3) is 0.333. The van der Waals surface area contributed by atoms with E-state index in [0.29, 0.717) is 10.7 Å². The number of methoxy groups -OCH3 is 1. The van der Waals surface area contributed by atoms with Crippen LogP contribution in [0.5, 0.6) is 5.75 Å². The van der Waals surface area contributed by atoms with Crippen LogP contribution in [-0.4, -0.2) is 48.1 Å². The van der Waals surface area contributed by atoms with Crippen molar-refractivity contribution >= 4 is 29.1 Å². The number of imide groups is 1. The van der Waals surface area contributed by atoms with Crippen LogP contribution < -0.4 is 9.64 Å². The molecule has 0 aliphatic carbocycles. The van der Waals surface area contributed by atoms with E-state index in [0.717, 1.165) is 30.8 Å². The normalized spacial score (nSPS) is 27.4. The molecule has 0 spiro atoms. The van der Waals surface area contributed by atoms with Gasteiger partial charge in [-0.15, -0.1) is 0 Å². The smallest absolute Gasteiger partial charge is 0.253 e. The Bertz CT molecular complexity index is 948. The number of hydrogen-bond donors (Lipinski definition) is 0. The predicted octanol–water partition coefficient (Wildman–Crippen LogP) is 2.88. The molecule has 3 atom stereocenters. The molecule has 2 aromatic carbocycles. The molecule has 0 bridgehead atoms. The molecule has 3 heterocycles. The maximum atomic E-state index is 13.4. The Hall–Kier alpha value is -2.41. The minimum Gasteiger partial charge on any atom is -0.497 e. The SMILES string of the molecule is COc1ccc([C@H]2[C@@H]3C(=O)N(c4cccc(Cl)c4)C(=O)[C@H]3N3CCCN23)cc1. The molecule has 0 aromatic heterocycles. The molecule has 0 unspecified atom stereocenters. The third kappa shape index (κ3) is 2.49. The number of fused-ring (bicyclic) bond motifs is 3. The fourth-order valence-electron chi connectivity index (χ4n) is 4.78. The summed E-state index contributed by atoms with van der Waals surface area (Å²) in [5.41, 5.74) is 1.56. The van der Waals surface area contributed by atoms with E-state index in [4.69, 9.17) is 16.3 Å². The van der Waals surface area contributed by atoms with E-state index in [1.54, 1.807) is 31.4 Å². The van der Waals surface area contributed by atoms with E-state index in [-0.39, 0.29) is 17.9 Å². The maximum absolute atomic E-state index is 13.4. The summed E-state index contributed by atoms with van der Waals surface area (Å²) in [5, 5.41) is 4.79. The summed E-state index contributed by atoms with van der Waals surface area (Å²) in [6.45, 7) is 1.64. The third-order valence-electron chi connectivity index (χ3n) is 5.93. The second kappa shape index (κ2) is 6.58. The Labute approximate surface area is 168 Å². The number of ether oxygens (including phenoxy) is 1. The zero-order valence-corrected chi connectivity index (χ0v) is 16.2. The highest BCUT2D eigenvalue weighted by Gasteiger charge is 2.62. The zero-order chi connectivity index (χ0) is 19.4. The van der Waals surface area contributed by atoms with Gasteiger partial charge in [0.15, 0.2) is 0 Å². The average molecular weight is 398 g/mol. The van der Waals surface area contributed by atoms with Gasteiger partial charge in [0.1, 0.15) is 11.8 Å². The monoisotopic (exact) mass is 397 g/mol. The number of anilines is 1. The lowest BCUT2D eigenvalue weighted by atomic mass is 9.90. The summed E-state index contributed by atoms with van der Waals surface area (Å²) in [7, 11) is 1.63. The second-order valence-corrected chi connectivity index (χ2v) is 7.80. The minimum atomic E-state index is -0.457. The number of benzene rings is 2. The lowest BCUT2D eigenvalue weighted by molar-refractivity contribution is -0.126. The average Bonchev–Trinajstić information content (AvgIpc) is 3.34. The summed E-state index contributed by atoms with van der Waals surface area (Å²) in [4.78, 5) is 28.0. The van der Waals surface area contributed by atoms with Crippen LogP contribution in [0.15, 0.2) is 48.5 Å². The molecule has 144 valence electrons. The van der Waals surface area contributed by atoms with Crippen LogP contribution in [0.2, 0.25) is 5.02 Å². The van der Waals surface area contributed by atoms with E-state index in [2.05, 4.69) is 10.0 Å². The number of hydrogen-bond acceptors (Lipinski definition) is 5. The van der Waals surface area contributed by atoms with Crippen molar-refractivity contribution in [3.05, 3.63) is 59.1 Å². The van der Waals surface area contributed by atoms with Crippen molar-refractivity contribution in [2.45, 2.75) is 18.5 Å². The summed E-state index contributed by atoms with van der Waals surface area (Å²) in [6, 6.07) is 14.1. The number of carbonyl (C=O) groups is 2. The summed E-state index contributed by atoms with van der Waals surface area (Å²) < 4.78 is 5.26. The van der Waals surface area contributed by atoms with E-state index < -0.39 is 12.0 Å². The first-order valence-corrected chi connectivity index (χ1v) is 9.78. The second-order valence-electron chi connectivity index (χ2n) is 7.36. The van der Waals surface area contributed by atoms with Crippen LogP contribution in [-0.2, 0) is 9.59 Å². The van der Waals surface area contributed by atoms with Crippen molar-refractivity contribution in [1.29, 1.82) is 0 Å². The predicted molar refractivity (Wildman–Crippen MR) is 105 cm³/mol. The number of carbonyl (C=O) groups excluding carboxylic acids is 2. The minimum absolute atomic E-state index is 0.154. The first-order chi connectivity index (χ1) is 13.6. The van der Waals surface area contributed by atoms with Crippen molar-refractivity contribution in [2.75, 3.05) is 25.1 Å². The highest BCUT2D eigenvalue weighted by atomic mass is 35.5. The lowest BCUT2D eigenvalue weighted by Crippen LogP contribution is -2.44. The van der Waals surface area contributed by atoms with Crippen LogP contribution in [0.4, 0.5) is 5.69 Å². The molecule has 0 saturated carbocycles. The van der Waals surface area contributed by atoms with Gasteiger partial charge < -0.3 is 4.74 Å². The van der Waals surface area contributed by atoms with Gasteiger partial charge in [0.2, 0.25) is 5.91 Å². The van der Waals surface area contributed by atoms with E-state index in [1.807, 2.05) is 24.3 Å². The Kier molecular flexibility index (Phi) is 4.16. The van der Waals surface area contributed by atoms with Gasteiger partial charge in [0.25, 0.3) is 5.91 Å². The van der Waals surface area contributed by atoms with Crippen LogP contribution in [0.25, 0.3) is 0 Å². The molecule has 5 rings (SSSR count). The Morgan fingerprint density at radius 1 is 0.964 bits per heavy atom. The summed E-state index contributed by atoms with van der Waals surface area (Å²) in [5.74, 6) is 0.0128. The van der Waals surface area contributed by atoms with Gasteiger partial charge in [-0.1, -0.05) is 29.8 Å². The molecule has 6 nitrogen and oxygen atoms in total. The summed E-state index contributed by atoms with van der Waals surface area (Å²) in [6.07, 6.45) is 0.981. The molecule has 2 amide bonds. The first-order valence-electron chi connectivity index (χ1n) is 9.40. The Balaban J connectivity index is 1.56. The van der Waals surface area contributed by atoms with Gasteiger partial charge in [-0.25, -0.2) is 14.9 Å². The van der Waals surface area contributed by atoms with Crippen molar-refractivity contribution in [1.82, 2.24) is 10.0 Å². The van der Waals surface area contributed by atoms with Crippen molar-refractivity contribution in [3.8, 4) is 5.75 Å². The molecule has 7 heteroatoms. The third-order valence-corrected chi connectivity index (χ3v) is 6.16. The summed E-state index contributed by atoms with van der Waals surface area (Å²) >= 11 is 6.10. The molecular weight excluding hydrogens is 378 g/mol. The Morgan fingerprint density at radius 2 is 1.68 bits per heavy atom. The van der Waals surface area contributed by atoms with Gasteiger partial charge in [-0.3, -0.25) is 9.59 Å². The van der Waals surface area contributed by atoms with Gasteiger partial charge in [0.05, 0.1) is 24.8 Å². The molecule has 3 aliphatic heterocycles. The highest BCUT2D eigenvalue weighted by Crippen LogP contribution is 2.49. The molecule has 3 aliphatic rings. The molecular formula is C21H20ClN3O3. The van der Waals surface area contributed by atoms with Gasteiger partial charge in [-0.05, 0) is 42.3 Å². The van der Waals surface area contributed by atoms with E-state index >= 15 is 0 Å². The zero-order valence-electron chi connectivity index (χ0n) is 15.4. The molecule has 2 aromatic rings. The highest BCUT2D eigenvalue weighted by molar-refractivity contribution is 6.31. The quantitative estimate of drug-likeness (QED) is 0.745. The maximum Gasteiger partial charge on any atom is 0.253 e. The number of rotatable bonds is 3. The van der Waals surface area contributed by atoms with Gasteiger partial charge in [0, 0.05) is 18.1 Å². The number of hydrazine groups is 1. The van der Waals surface area contributed by atoms with Crippen molar-refractivity contribution in [3.63, 3.8) is 0 Å². The fourth-order valence-corrected chi connectivity index (χ4v) is 4.97. The van der Waals surface area contributed by atoms with Crippen molar-refractivity contribution in [2.24, 2.45) is 5.92 Å². The van der Waals surface area contributed by atoms with E-state index in [9.17, 15) is 9.59 Å². The molecule has 3 saturated heterocycles. The standard InChI is InChI=1S/C21H20ClN3O3/c1-28-16-8-6-13(7-9-16)18-17-19(24-11-3-10-23(18)24)21(27)25(20(17)26)15-5-2-4-14(22)12-15/h2,4-9,12,17-19H,3,10-11H2,1H3/t17-,18-,19-/m0/s1. The number of halogens is 1. The number of nitrogens with zero attached hydrogens (tertiary/aromatic N) is 3. The van der Waals surface area contributed by atoms with Crippen LogP contribution in [0, 0.1) is 5.92 Å². The molecule has 3 fully saturated rings. The molecule has 28 heavy (non-hydrogen) atoms. The van der Waals surface area contributed by atoms with Gasteiger partial charge in [-0.2, -0.15) is 0 Å². The topological polar surface area (TPSA) is 53.1 Å². The largest absolute Gasteiger partial charge is 0.497 e.